The molecule has 33 heavy (non-hydrogen) atoms. The molecular weight excluding hydrogens is 476 g/mol. The fourth-order valence-electron chi connectivity index (χ4n) is 4.22. The second-order valence-electron chi connectivity index (χ2n) is 8.15. The monoisotopic (exact) mass is 502 g/mol. The number of hydrogen-bond acceptors (Lipinski definition) is 8. The number of halogens is 1. The third kappa shape index (κ3) is 5.01. The van der Waals surface area contributed by atoms with Gasteiger partial charge in [0, 0.05) is 65.4 Å². The van der Waals surface area contributed by atoms with Gasteiger partial charge in [-0.25, -0.2) is 4.98 Å². The van der Waals surface area contributed by atoms with Crippen molar-refractivity contribution >= 4 is 51.2 Å². The first-order valence-corrected chi connectivity index (χ1v) is 13.6. The number of thiophene rings is 1. The number of nitrogens with one attached hydrogen (secondary N) is 2. The van der Waals surface area contributed by atoms with E-state index in [0.717, 1.165) is 66.5 Å². The molecule has 2 aliphatic heterocycles. The summed E-state index contributed by atoms with van der Waals surface area (Å²) in [5.74, 6) is 2.07. The molecule has 0 saturated carbocycles. The second kappa shape index (κ2) is 9.97. The Kier molecular flexibility index (Phi) is 6.82. The molecule has 0 aliphatic carbocycles. The van der Waals surface area contributed by atoms with E-state index in [2.05, 4.69) is 44.7 Å². The number of benzene rings is 1. The van der Waals surface area contributed by atoms with Crippen LogP contribution in [0, 0.1) is 0 Å². The van der Waals surface area contributed by atoms with Crippen molar-refractivity contribution in [2.45, 2.75) is 24.4 Å². The smallest absolute Gasteiger partial charge is 0.227 e. The number of hydrogen-bond donors (Lipinski definition) is 2. The van der Waals surface area contributed by atoms with Crippen molar-refractivity contribution in [3.8, 4) is 0 Å². The molecule has 2 aromatic heterocycles. The van der Waals surface area contributed by atoms with Crippen LogP contribution >= 0.6 is 22.9 Å². The number of aromatic nitrogens is 2. The van der Waals surface area contributed by atoms with Gasteiger partial charge in [-0.2, -0.15) is 4.98 Å². The maximum Gasteiger partial charge on any atom is 0.227 e. The zero-order valence-corrected chi connectivity index (χ0v) is 20.9. The molecule has 0 amide bonds. The van der Waals surface area contributed by atoms with E-state index >= 15 is 0 Å². The molecule has 1 aromatic carbocycles. The van der Waals surface area contributed by atoms with Crippen LogP contribution in [-0.2, 0) is 30.3 Å². The lowest BCUT2D eigenvalue weighted by molar-refractivity contribution is 0.637. The zero-order valence-electron chi connectivity index (χ0n) is 18.5. The molecule has 0 radical (unpaired) electrons. The van der Waals surface area contributed by atoms with Crippen LogP contribution in [0.2, 0.25) is 5.02 Å². The van der Waals surface area contributed by atoms with Crippen LogP contribution in [0.25, 0.3) is 0 Å². The third-order valence-electron chi connectivity index (χ3n) is 5.93. The molecule has 1 saturated heterocycles. The van der Waals surface area contributed by atoms with E-state index in [9.17, 15) is 4.21 Å². The van der Waals surface area contributed by atoms with Crippen molar-refractivity contribution in [2.75, 3.05) is 54.1 Å². The SMILES string of the molecule is CNCc1ccc(CNc2nc(N3CCN(c4ccc(Cl)cc4)CC3)nc3c2S(=O)CC3)s1. The lowest BCUT2D eigenvalue weighted by Crippen LogP contribution is -2.47. The van der Waals surface area contributed by atoms with E-state index in [0.29, 0.717) is 12.3 Å². The van der Waals surface area contributed by atoms with Gasteiger partial charge in [0.1, 0.15) is 10.7 Å². The van der Waals surface area contributed by atoms with Crippen LogP contribution in [-0.4, -0.2) is 53.2 Å². The number of anilines is 3. The van der Waals surface area contributed by atoms with E-state index in [1.54, 1.807) is 11.3 Å². The third-order valence-corrected chi connectivity index (χ3v) is 8.72. The van der Waals surface area contributed by atoms with E-state index in [1.807, 2.05) is 19.2 Å². The second-order valence-corrected chi connectivity index (χ2v) is 11.3. The number of aryl methyl sites for hydroxylation is 1. The first-order chi connectivity index (χ1) is 16.1. The largest absolute Gasteiger partial charge is 0.368 e. The quantitative estimate of drug-likeness (QED) is 0.512. The maximum atomic E-state index is 12.7. The summed E-state index contributed by atoms with van der Waals surface area (Å²) in [6, 6.07) is 12.3. The first-order valence-electron chi connectivity index (χ1n) is 11.1. The molecule has 2 N–H and O–H groups in total. The van der Waals surface area contributed by atoms with Crippen molar-refractivity contribution < 1.29 is 4.21 Å². The van der Waals surface area contributed by atoms with Gasteiger partial charge in [0.15, 0.2) is 0 Å². The summed E-state index contributed by atoms with van der Waals surface area (Å²) in [4.78, 5) is 17.6. The van der Waals surface area contributed by atoms with Crippen LogP contribution < -0.4 is 20.4 Å². The Morgan fingerprint density at radius 2 is 1.70 bits per heavy atom. The fourth-order valence-corrected chi connectivity index (χ4v) is 6.64. The van der Waals surface area contributed by atoms with Gasteiger partial charge in [-0.15, -0.1) is 11.3 Å². The van der Waals surface area contributed by atoms with Crippen molar-refractivity contribution in [1.29, 1.82) is 0 Å². The average molecular weight is 503 g/mol. The maximum absolute atomic E-state index is 12.7. The highest BCUT2D eigenvalue weighted by molar-refractivity contribution is 7.85. The summed E-state index contributed by atoms with van der Waals surface area (Å²) >= 11 is 7.81. The predicted octanol–water partition coefficient (Wildman–Crippen LogP) is 3.51. The van der Waals surface area contributed by atoms with Crippen molar-refractivity contribution in [3.63, 3.8) is 0 Å². The van der Waals surface area contributed by atoms with E-state index in [-0.39, 0.29) is 0 Å². The van der Waals surface area contributed by atoms with Gasteiger partial charge in [0.05, 0.1) is 23.0 Å². The lowest BCUT2D eigenvalue weighted by Gasteiger charge is -2.36. The molecule has 4 heterocycles. The molecule has 7 nitrogen and oxygen atoms in total. The summed E-state index contributed by atoms with van der Waals surface area (Å²) < 4.78 is 12.7. The van der Waals surface area contributed by atoms with Crippen LogP contribution in [0.1, 0.15) is 15.4 Å². The van der Waals surface area contributed by atoms with E-state index in [1.165, 1.54) is 15.4 Å². The Hall–Kier alpha value is -2.20. The molecule has 174 valence electrons. The van der Waals surface area contributed by atoms with Crippen molar-refractivity contribution in [1.82, 2.24) is 15.3 Å². The molecular formula is C23H27ClN6OS2. The molecule has 0 spiro atoms. The van der Waals surface area contributed by atoms with Gasteiger partial charge < -0.3 is 20.4 Å². The van der Waals surface area contributed by atoms with E-state index < -0.39 is 10.8 Å². The highest BCUT2D eigenvalue weighted by Crippen LogP contribution is 2.31. The Labute approximate surface area is 205 Å². The Balaban J connectivity index is 1.31. The molecule has 1 atom stereocenters. The minimum absolute atomic E-state index is 0.623. The molecule has 5 rings (SSSR count). The van der Waals surface area contributed by atoms with Crippen molar-refractivity contribution in [2.24, 2.45) is 0 Å². The number of rotatable bonds is 7. The standard InChI is InChI=1S/C23H27ClN6OS2/c1-25-14-18-6-7-19(32-18)15-26-22-21-20(8-13-33(21)31)27-23(28-22)30-11-9-29(10-12-30)17-4-2-16(24)3-5-17/h2-7,25H,8-15H2,1H3,(H,26,27,28). The van der Waals surface area contributed by atoms with Gasteiger partial charge in [-0.05, 0) is 43.4 Å². The highest BCUT2D eigenvalue weighted by Gasteiger charge is 2.28. The highest BCUT2D eigenvalue weighted by atomic mass is 35.5. The normalized spacial score (nSPS) is 17.9. The summed E-state index contributed by atoms with van der Waals surface area (Å²) in [7, 11) is 0.910. The van der Waals surface area contributed by atoms with Gasteiger partial charge >= 0.3 is 0 Å². The van der Waals surface area contributed by atoms with Crippen LogP contribution in [0.4, 0.5) is 17.5 Å². The van der Waals surface area contributed by atoms with Gasteiger partial charge in [0.25, 0.3) is 0 Å². The molecule has 1 fully saturated rings. The van der Waals surface area contributed by atoms with Gasteiger partial charge in [0.2, 0.25) is 5.95 Å². The van der Waals surface area contributed by atoms with Crippen LogP contribution in [0.3, 0.4) is 0 Å². The molecule has 10 heteroatoms. The average Bonchev–Trinajstić information content (AvgIpc) is 3.45. The van der Waals surface area contributed by atoms with Gasteiger partial charge in [-0.1, -0.05) is 11.6 Å². The number of nitrogens with zero attached hydrogens (tertiary/aromatic N) is 4. The summed E-state index contributed by atoms with van der Waals surface area (Å²) in [6.45, 7) is 4.98. The Morgan fingerprint density at radius 1 is 1.00 bits per heavy atom. The number of piperazine rings is 1. The molecule has 0 bridgehead atoms. The molecule has 3 aromatic rings. The minimum Gasteiger partial charge on any atom is -0.368 e. The Morgan fingerprint density at radius 3 is 2.42 bits per heavy atom. The lowest BCUT2D eigenvalue weighted by atomic mass is 10.2. The predicted molar refractivity (Wildman–Crippen MR) is 137 cm³/mol. The minimum atomic E-state index is -1.04. The molecule has 2 aliphatic rings. The molecule has 1 unspecified atom stereocenters. The van der Waals surface area contributed by atoms with Crippen LogP contribution in [0.5, 0.6) is 0 Å². The van der Waals surface area contributed by atoms with E-state index in [4.69, 9.17) is 21.6 Å². The summed E-state index contributed by atoms with van der Waals surface area (Å²) in [5, 5.41) is 7.40. The van der Waals surface area contributed by atoms with Crippen LogP contribution in [0.15, 0.2) is 41.3 Å². The number of fused-ring (bicyclic) bond motifs is 1. The zero-order chi connectivity index (χ0) is 22.8. The first kappa shape index (κ1) is 22.6. The van der Waals surface area contributed by atoms with Gasteiger partial charge in [-0.3, -0.25) is 4.21 Å². The van der Waals surface area contributed by atoms with Crippen molar-refractivity contribution in [3.05, 3.63) is 56.9 Å². The topological polar surface area (TPSA) is 73.4 Å². The summed E-state index contributed by atoms with van der Waals surface area (Å²) in [6.07, 6.45) is 0.738. The fraction of sp³-hybridized carbons (Fsp3) is 0.391. The Bertz CT molecular complexity index is 1140. The summed E-state index contributed by atoms with van der Waals surface area (Å²) in [5.41, 5.74) is 2.10.